The molecule has 1 aliphatic rings. The van der Waals surface area contributed by atoms with E-state index in [1.54, 1.807) is 12.1 Å². The van der Waals surface area contributed by atoms with Gasteiger partial charge in [0, 0.05) is 9.89 Å². The SMILES string of the molecule is O=C(O)CC1(c2ccc(Br)cc2F)CCC1. The Kier molecular flexibility index (Phi) is 3.02. The molecular weight excluding hydrogens is 275 g/mol. The van der Waals surface area contributed by atoms with E-state index in [-0.39, 0.29) is 12.2 Å². The third kappa shape index (κ3) is 1.98. The fourth-order valence-corrected chi connectivity index (χ4v) is 2.69. The predicted octanol–water partition coefficient (Wildman–Crippen LogP) is 3.48. The summed E-state index contributed by atoms with van der Waals surface area (Å²) in [5, 5.41) is 8.89. The van der Waals surface area contributed by atoms with E-state index in [1.807, 2.05) is 0 Å². The van der Waals surface area contributed by atoms with Gasteiger partial charge < -0.3 is 5.11 Å². The van der Waals surface area contributed by atoms with Crippen LogP contribution in [0.3, 0.4) is 0 Å². The molecular formula is C12H12BrFO2. The molecule has 1 aromatic carbocycles. The lowest BCUT2D eigenvalue weighted by atomic mass is 9.62. The largest absolute Gasteiger partial charge is 0.481 e. The Balaban J connectivity index is 2.36. The topological polar surface area (TPSA) is 37.3 Å². The van der Waals surface area contributed by atoms with Crippen LogP contribution < -0.4 is 0 Å². The first-order chi connectivity index (χ1) is 7.53. The maximum atomic E-state index is 13.8. The molecule has 1 saturated carbocycles. The Morgan fingerprint density at radius 1 is 1.50 bits per heavy atom. The third-order valence-corrected chi connectivity index (χ3v) is 3.80. The lowest BCUT2D eigenvalue weighted by Gasteiger charge is -2.41. The summed E-state index contributed by atoms with van der Waals surface area (Å²) < 4.78 is 14.5. The molecule has 2 nitrogen and oxygen atoms in total. The quantitative estimate of drug-likeness (QED) is 0.924. The van der Waals surface area contributed by atoms with E-state index >= 15 is 0 Å². The molecule has 1 aliphatic carbocycles. The van der Waals surface area contributed by atoms with Crippen molar-refractivity contribution < 1.29 is 14.3 Å². The molecule has 2 rings (SSSR count). The maximum Gasteiger partial charge on any atom is 0.304 e. The molecule has 0 heterocycles. The van der Waals surface area contributed by atoms with Crippen molar-refractivity contribution in [3.63, 3.8) is 0 Å². The van der Waals surface area contributed by atoms with Gasteiger partial charge in [-0.15, -0.1) is 0 Å². The lowest BCUT2D eigenvalue weighted by molar-refractivity contribution is -0.139. The minimum atomic E-state index is -0.859. The molecule has 0 atom stereocenters. The van der Waals surface area contributed by atoms with E-state index in [0.717, 1.165) is 19.3 Å². The van der Waals surface area contributed by atoms with Crippen molar-refractivity contribution in [2.45, 2.75) is 31.1 Å². The van der Waals surface area contributed by atoms with Gasteiger partial charge in [0.2, 0.25) is 0 Å². The Morgan fingerprint density at radius 3 is 2.62 bits per heavy atom. The van der Waals surface area contributed by atoms with Crippen molar-refractivity contribution in [3.8, 4) is 0 Å². The molecule has 0 radical (unpaired) electrons. The van der Waals surface area contributed by atoms with Gasteiger partial charge in [-0.25, -0.2) is 4.39 Å². The van der Waals surface area contributed by atoms with E-state index in [0.29, 0.717) is 10.0 Å². The van der Waals surface area contributed by atoms with Gasteiger partial charge in [-0.2, -0.15) is 0 Å². The van der Waals surface area contributed by atoms with Crippen LogP contribution in [0.2, 0.25) is 0 Å². The van der Waals surface area contributed by atoms with E-state index in [9.17, 15) is 9.18 Å². The van der Waals surface area contributed by atoms with Crippen molar-refractivity contribution in [1.29, 1.82) is 0 Å². The molecule has 0 amide bonds. The van der Waals surface area contributed by atoms with E-state index in [4.69, 9.17) is 5.11 Å². The van der Waals surface area contributed by atoms with E-state index in [1.165, 1.54) is 6.07 Å². The smallest absolute Gasteiger partial charge is 0.304 e. The first-order valence-electron chi connectivity index (χ1n) is 5.21. The number of carbonyl (C=O) groups is 1. The van der Waals surface area contributed by atoms with Crippen LogP contribution in [0.25, 0.3) is 0 Å². The van der Waals surface area contributed by atoms with Gasteiger partial charge in [0.15, 0.2) is 0 Å². The number of halogens is 2. The summed E-state index contributed by atoms with van der Waals surface area (Å²) in [4.78, 5) is 10.8. The average molecular weight is 287 g/mol. The second kappa shape index (κ2) is 4.17. The van der Waals surface area contributed by atoms with Crippen LogP contribution in [-0.2, 0) is 10.2 Å². The molecule has 0 unspecified atom stereocenters. The maximum absolute atomic E-state index is 13.8. The highest BCUT2D eigenvalue weighted by atomic mass is 79.9. The van der Waals surface area contributed by atoms with Gasteiger partial charge in [0.25, 0.3) is 0 Å². The summed E-state index contributed by atoms with van der Waals surface area (Å²) in [6.07, 6.45) is 2.52. The van der Waals surface area contributed by atoms with Crippen molar-refractivity contribution in [1.82, 2.24) is 0 Å². The van der Waals surface area contributed by atoms with Gasteiger partial charge in [0.05, 0.1) is 6.42 Å². The Hall–Kier alpha value is -0.900. The third-order valence-electron chi connectivity index (χ3n) is 3.30. The van der Waals surface area contributed by atoms with Crippen LogP contribution in [0.5, 0.6) is 0 Å². The first kappa shape index (κ1) is 11.6. The number of rotatable bonds is 3. The minimum Gasteiger partial charge on any atom is -0.481 e. The predicted molar refractivity (Wildman–Crippen MR) is 61.9 cm³/mol. The van der Waals surface area contributed by atoms with Gasteiger partial charge >= 0.3 is 5.97 Å². The highest BCUT2D eigenvalue weighted by Gasteiger charge is 2.42. The number of hydrogen-bond donors (Lipinski definition) is 1. The lowest BCUT2D eigenvalue weighted by Crippen LogP contribution is -2.37. The molecule has 86 valence electrons. The molecule has 0 spiro atoms. The molecule has 16 heavy (non-hydrogen) atoms. The summed E-state index contributed by atoms with van der Waals surface area (Å²) in [5.74, 6) is -1.17. The first-order valence-corrected chi connectivity index (χ1v) is 6.00. The molecule has 0 aromatic heterocycles. The van der Waals surface area contributed by atoms with Gasteiger partial charge in [0.1, 0.15) is 5.82 Å². The van der Waals surface area contributed by atoms with Crippen LogP contribution in [0.4, 0.5) is 4.39 Å². The normalized spacial score (nSPS) is 17.9. The summed E-state index contributed by atoms with van der Waals surface area (Å²) >= 11 is 3.20. The van der Waals surface area contributed by atoms with E-state index < -0.39 is 11.4 Å². The van der Waals surface area contributed by atoms with Crippen molar-refractivity contribution in [3.05, 3.63) is 34.1 Å². The highest BCUT2D eigenvalue weighted by molar-refractivity contribution is 9.10. The standard InChI is InChI=1S/C12H12BrFO2/c13-8-2-3-9(10(14)6-8)12(4-1-5-12)7-11(15)16/h2-3,6H,1,4-5,7H2,(H,15,16). The fraction of sp³-hybridized carbons (Fsp3) is 0.417. The average Bonchev–Trinajstić information content (AvgIpc) is 2.12. The van der Waals surface area contributed by atoms with E-state index in [2.05, 4.69) is 15.9 Å². The number of carboxylic acid groups (broad SMARTS) is 1. The van der Waals surface area contributed by atoms with Crippen molar-refractivity contribution in [2.75, 3.05) is 0 Å². The Bertz CT molecular complexity index is 427. The zero-order chi connectivity index (χ0) is 11.8. The van der Waals surface area contributed by atoms with Gasteiger partial charge in [-0.05, 0) is 30.5 Å². The zero-order valence-corrected chi connectivity index (χ0v) is 10.3. The van der Waals surface area contributed by atoms with Crippen LogP contribution in [0.1, 0.15) is 31.2 Å². The summed E-state index contributed by atoms with van der Waals surface area (Å²) in [6, 6.07) is 4.86. The second-order valence-corrected chi connectivity index (χ2v) is 5.24. The van der Waals surface area contributed by atoms with Crippen molar-refractivity contribution >= 4 is 21.9 Å². The molecule has 1 fully saturated rings. The molecule has 0 aliphatic heterocycles. The zero-order valence-electron chi connectivity index (χ0n) is 8.67. The number of benzene rings is 1. The summed E-state index contributed by atoms with van der Waals surface area (Å²) in [6.45, 7) is 0. The molecule has 0 saturated heterocycles. The summed E-state index contributed by atoms with van der Waals surface area (Å²) in [5.41, 5.74) is 0.0701. The molecule has 0 bridgehead atoms. The number of hydrogen-bond acceptors (Lipinski definition) is 1. The van der Waals surface area contributed by atoms with Crippen molar-refractivity contribution in [2.24, 2.45) is 0 Å². The van der Waals surface area contributed by atoms with Crippen LogP contribution in [0, 0.1) is 5.82 Å². The fourth-order valence-electron chi connectivity index (χ4n) is 2.35. The number of aliphatic carboxylic acids is 1. The Labute approximate surface area is 102 Å². The highest BCUT2D eigenvalue weighted by Crippen LogP contribution is 2.47. The summed E-state index contributed by atoms with van der Waals surface area (Å²) in [7, 11) is 0. The molecule has 4 heteroatoms. The van der Waals surface area contributed by atoms with Crippen LogP contribution in [0.15, 0.2) is 22.7 Å². The number of carboxylic acids is 1. The Morgan fingerprint density at radius 2 is 2.19 bits per heavy atom. The van der Waals surface area contributed by atoms with Crippen LogP contribution >= 0.6 is 15.9 Å². The molecule has 1 N–H and O–H groups in total. The minimum absolute atomic E-state index is 0.0194. The monoisotopic (exact) mass is 286 g/mol. The van der Waals surface area contributed by atoms with Gasteiger partial charge in [-0.3, -0.25) is 4.79 Å². The second-order valence-electron chi connectivity index (χ2n) is 4.33. The molecule has 1 aromatic rings. The van der Waals surface area contributed by atoms with Gasteiger partial charge in [-0.1, -0.05) is 28.4 Å². The van der Waals surface area contributed by atoms with Crippen LogP contribution in [-0.4, -0.2) is 11.1 Å².